The topological polar surface area (TPSA) is 62.1 Å². The van der Waals surface area contributed by atoms with E-state index in [4.69, 9.17) is 14.8 Å². The van der Waals surface area contributed by atoms with Crippen LogP contribution in [0.4, 0.5) is 0 Å². The molecular formula is C13H16BBrN4O2. The molecule has 3 heterocycles. The third kappa shape index (κ3) is 2.63. The molecule has 0 bridgehead atoms. The van der Waals surface area contributed by atoms with Gasteiger partial charge in [-0.3, -0.25) is 4.57 Å². The first-order chi connectivity index (χ1) is 11.4. The molecule has 8 heteroatoms. The van der Waals surface area contributed by atoms with Crippen molar-refractivity contribution in [1.82, 2.24) is 19.5 Å². The minimum absolute atomic E-state index is 0.111. The Morgan fingerprint density at radius 2 is 1.71 bits per heavy atom. The first kappa shape index (κ1) is 10.5. The molecule has 1 aliphatic heterocycles. The Balaban J connectivity index is 2.06. The summed E-state index contributed by atoms with van der Waals surface area (Å²) in [5.74, 6) is -0.136. The molecule has 0 unspecified atom stereocenters. The highest BCUT2D eigenvalue weighted by atomic mass is 79.9. The molecule has 1 fully saturated rings. The zero-order chi connectivity index (χ0) is 18.7. The van der Waals surface area contributed by atoms with Crippen molar-refractivity contribution in [3.8, 4) is 5.95 Å². The monoisotopic (exact) mass is 354 g/mol. The summed E-state index contributed by atoms with van der Waals surface area (Å²) < 4.78 is 45.0. The van der Waals surface area contributed by atoms with Crippen LogP contribution in [-0.4, -0.2) is 37.8 Å². The maximum Gasteiger partial charge on any atom is 0.498 e. The molecule has 0 atom stereocenters. The standard InChI is InChI=1S/C13H16BBrN4O2/c1-12(2)13(3,4)21-14(20-12)9-5-16-11(17-6-9)19-7-10(15)18-8-19/h5-8H,1-4H3/i5D,6D,7D,8D. The van der Waals surface area contributed by atoms with E-state index in [1.165, 1.54) is 0 Å². The molecule has 1 saturated heterocycles. The molecule has 6 nitrogen and oxygen atoms in total. The van der Waals surface area contributed by atoms with Gasteiger partial charge in [0.15, 0.2) is 0 Å². The van der Waals surface area contributed by atoms with Gasteiger partial charge in [-0.1, -0.05) is 0 Å². The van der Waals surface area contributed by atoms with E-state index in [0.717, 1.165) is 4.57 Å². The molecule has 0 amide bonds. The Labute approximate surface area is 137 Å². The van der Waals surface area contributed by atoms with Gasteiger partial charge in [0.2, 0.25) is 5.95 Å². The number of hydrogen-bond acceptors (Lipinski definition) is 5. The Morgan fingerprint density at radius 1 is 1.14 bits per heavy atom. The second-order valence-corrected chi connectivity index (χ2v) is 6.45. The van der Waals surface area contributed by atoms with Crippen molar-refractivity contribution in [1.29, 1.82) is 0 Å². The molecule has 0 N–H and O–H groups in total. The fourth-order valence-corrected chi connectivity index (χ4v) is 2.02. The summed E-state index contributed by atoms with van der Waals surface area (Å²) in [7, 11) is -0.931. The van der Waals surface area contributed by atoms with Crippen molar-refractivity contribution in [2.75, 3.05) is 0 Å². The summed E-state index contributed by atoms with van der Waals surface area (Å²) in [4.78, 5) is 11.8. The lowest BCUT2D eigenvalue weighted by Crippen LogP contribution is -2.41. The number of nitrogens with zero attached hydrogens (tertiary/aromatic N) is 4. The summed E-state index contributed by atoms with van der Waals surface area (Å²) in [6.45, 7) is 7.49. The predicted molar refractivity (Wildman–Crippen MR) is 82.6 cm³/mol. The second-order valence-electron chi connectivity index (χ2n) is 5.70. The van der Waals surface area contributed by atoms with Crippen molar-refractivity contribution < 1.29 is 14.8 Å². The average molecular weight is 355 g/mol. The molecule has 0 aromatic carbocycles. The van der Waals surface area contributed by atoms with Crippen LogP contribution < -0.4 is 5.46 Å². The SMILES string of the molecule is [2H]c1nc(-n2c([2H])nc(Br)c2[2H])nc([2H])c1B1OC(C)(C)C(C)(C)O1. The largest absolute Gasteiger partial charge is 0.498 e. The highest BCUT2D eigenvalue weighted by molar-refractivity contribution is 9.10. The lowest BCUT2D eigenvalue weighted by Gasteiger charge is -2.32. The normalized spacial score (nSPS) is 22.6. The van der Waals surface area contributed by atoms with Gasteiger partial charge in [0.1, 0.15) is 12.3 Å². The highest BCUT2D eigenvalue weighted by Gasteiger charge is 2.51. The zero-order valence-electron chi connectivity index (χ0n) is 16.1. The van der Waals surface area contributed by atoms with Crippen LogP contribution in [0, 0.1) is 0 Å². The minimum Gasteiger partial charge on any atom is -0.399 e. The summed E-state index contributed by atoms with van der Waals surface area (Å²) >= 11 is 3.07. The van der Waals surface area contributed by atoms with Crippen LogP contribution in [0.25, 0.3) is 5.95 Å². The van der Waals surface area contributed by atoms with E-state index in [-0.39, 0.29) is 40.8 Å². The van der Waals surface area contributed by atoms with E-state index in [0.29, 0.717) is 0 Å². The van der Waals surface area contributed by atoms with Gasteiger partial charge in [0.05, 0.1) is 15.3 Å². The predicted octanol–water partition coefficient (Wildman–Crippen LogP) is 1.72. The smallest absolute Gasteiger partial charge is 0.399 e. The van der Waals surface area contributed by atoms with Crippen LogP contribution in [0.2, 0.25) is 0 Å². The summed E-state index contributed by atoms with van der Waals surface area (Å²) in [5.41, 5.74) is -1.13. The number of halogens is 1. The van der Waals surface area contributed by atoms with Gasteiger partial charge in [0, 0.05) is 24.0 Å². The van der Waals surface area contributed by atoms with Crippen LogP contribution >= 0.6 is 15.9 Å². The fourth-order valence-electron chi connectivity index (χ4n) is 1.77. The first-order valence-corrected chi connectivity index (χ1v) is 7.16. The summed E-state index contributed by atoms with van der Waals surface area (Å²) in [5, 5.41) is 0. The van der Waals surface area contributed by atoms with E-state index in [9.17, 15) is 0 Å². The van der Waals surface area contributed by atoms with Crippen LogP contribution in [0.5, 0.6) is 0 Å². The zero-order valence-corrected chi connectivity index (χ0v) is 13.6. The Bertz CT molecular complexity index is 822. The molecule has 1 aliphatic rings. The third-order valence-corrected chi connectivity index (χ3v) is 4.05. The molecule has 21 heavy (non-hydrogen) atoms. The molecule has 0 aliphatic carbocycles. The van der Waals surface area contributed by atoms with Crippen molar-refractivity contribution in [3.05, 3.63) is 29.4 Å². The van der Waals surface area contributed by atoms with Gasteiger partial charge < -0.3 is 9.31 Å². The van der Waals surface area contributed by atoms with Gasteiger partial charge >= 0.3 is 7.12 Å². The van der Waals surface area contributed by atoms with Gasteiger partial charge in [0.25, 0.3) is 0 Å². The quantitative estimate of drug-likeness (QED) is 0.768. The van der Waals surface area contributed by atoms with E-state index in [1.807, 2.05) is 27.7 Å². The molecule has 3 rings (SSSR count). The van der Waals surface area contributed by atoms with Gasteiger partial charge in [-0.15, -0.1) is 0 Å². The maximum atomic E-state index is 8.17. The van der Waals surface area contributed by atoms with E-state index < -0.39 is 18.3 Å². The molecule has 0 radical (unpaired) electrons. The maximum absolute atomic E-state index is 8.17. The van der Waals surface area contributed by atoms with Gasteiger partial charge in [-0.05, 0) is 43.6 Å². The third-order valence-electron chi connectivity index (χ3n) is 3.69. The van der Waals surface area contributed by atoms with E-state index in [1.54, 1.807) is 0 Å². The van der Waals surface area contributed by atoms with Crippen LogP contribution in [-0.2, 0) is 9.31 Å². The molecule has 2 aromatic rings. The first-order valence-electron chi connectivity index (χ1n) is 8.37. The molecule has 2 aromatic heterocycles. The van der Waals surface area contributed by atoms with E-state index in [2.05, 4.69) is 30.9 Å². The summed E-state index contributed by atoms with van der Waals surface area (Å²) in [6.07, 6.45) is -0.902. The Hall–Kier alpha value is -1.25. The van der Waals surface area contributed by atoms with Crippen molar-refractivity contribution >= 4 is 28.5 Å². The number of hydrogen-bond donors (Lipinski definition) is 0. The Kier molecular flexibility index (Phi) is 2.44. The van der Waals surface area contributed by atoms with Crippen LogP contribution in [0.15, 0.2) is 29.4 Å². The number of aromatic nitrogens is 4. The molecule has 110 valence electrons. The molecule has 0 spiro atoms. The average Bonchev–Trinajstić information content (AvgIpc) is 2.81. The fraction of sp³-hybridized carbons (Fsp3) is 0.462. The lowest BCUT2D eigenvalue weighted by molar-refractivity contribution is 0.00578. The van der Waals surface area contributed by atoms with E-state index >= 15 is 0 Å². The number of imidazole rings is 1. The Morgan fingerprint density at radius 3 is 2.19 bits per heavy atom. The second kappa shape index (κ2) is 4.89. The minimum atomic E-state index is -0.931. The molecule has 0 saturated carbocycles. The highest BCUT2D eigenvalue weighted by Crippen LogP contribution is 2.36. The van der Waals surface area contributed by atoms with Crippen molar-refractivity contribution in [3.63, 3.8) is 0 Å². The van der Waals surface area contributed by atoms with Crippen LogP contribution in [0.3, 0.4) is 0 Å². The number of rotatable bonds is 2. The van der Waals surface area contributed by atoms with Crippen molar-refractivity contribution in [2.24, 2.45) is 0 Å². The van der Waals surface area contributed by atoms with Crippen molar-refractivity contribution in [2.45, 2.75) is 38.9 Å². The molecular weight excluding hydrogens is 335 g/mol. The van der Waals surface area contributed by atoms with Gasteiger partial charge in [-0.2, -0.15) is 0 Å². The lowest BCUT2D eigenvalue weighted by atomic mass is 9.81. The van der Waals surface area contributed by atoms with Crippen LogP contribution in [0.1, 0.15) is 33.2 Å². The van der Waals surface area contributed by atoms with Gasteiger partial charge in [-0.25, -0.2) is 15.0 Å². The summed E-state index contributed by atoms with van der Waals surface area (Å²) in [6, 6.07) is 0.